The molecular formula is C30H35N5O4S. The minimum atomic E-state index is -3.42. The standard InChI is InChI=1S/C30H35N5O4S/c1-19(36)33-22-6-4-20(5-7-22)17-32-21-8-10-23(11-9-21)34-28-13-12-24(40(3,38)39)16-26(28)27-18-35(2)30(37)29-25(27)14-15-31-29/h4-7,12-16,18,21,23,31-32,34H,8-11,17H2,1-3H3,(H,33,36). The number of sulfone groups is 1. The second-order valence-electron chi connectivity index (χ2n) is 10.7. The molecule has 1 aliphatic carbocycles. The predicted octanol–water partition coefficient (Wildman–Crippen LogP) is 4.41. The molecule has 0 atom stereocenters. The molecule has 2 aromatic carbocycles. The number of anilines is 2. The van der Waals surface area contributed by atoms with E-state index in [0.29, 0.717) is 11.6 Å². The van der Waals surface area contributed by atoms with E-state index in [-0.39, 0.29) is 22.4 Å². The van der Waals surface area contributed by atoms with E-state index >= 15 is 0 Å². The largest absolute Gasteiger partial charge is 0.382 e. The van der Waals surface area contributed by atoms with Gasteiger partial charge in [0.2, 0.25) is 5.91 Å². The molecule has 1 amide bonds. The first-order chi connectivity index (χ1) is 19.1. The van der Waals surface area contributed by atoms with Gasteiger partial charge in [0, 0.05) is 79.1 Å². The summed E-state index contributed by atoms with van der Waals surface area (Å²) in [6.07, 6.45) is 8.68. The van der Waals surface area contributed by atoms with Gasteiger partial charge in [-0.05, 0) is 67.6 Å². The van der Waals surface area contributed by atoms with E-state index in [1.165, 1.54) is 23.3 Å². The number of aromatic amines is 1. The maximum Gasteiger partial charge on any atom is 0.274 e. The number of hydrogen-bond donors (Lipinski definition) is 4. The lowest BCUT2D eigenvalue weighted by Gasteiger charge is -2.31. The maximum atomic E-state index is 12.6. The van der Waals surface area contributed by atoms with E-state index in [4.69, 9.17) is 0 Å². The molecule has 1 fully saturated rings. The third kappa shape index (κ3) is 6.13. The Kier molecular flexibility index (Phi) is 7.82. The average Bonchev–Trinajstić information content (AvgIpc) is 3.41. The Bertz CT molecular complexity index is 1700. The van der Waals surface area contributed by atoms with Crippen LogP contribution in [0.4, 0.5) is 11.4 Å². The fourth-order valence-electron chi connectivity index (χ4n) is 5.42. The SMILES string of the molecule is CC(=O)Nc1ccc(CNC2CCC(Nc3ccc(S(C)(=O)=O)cc3-c3cn(C)c(=O)c4[nH]ccc34)CC2)cc1. The zero-order valence-electron chi connectivity index (χ0n) is 23.0. The summed E-state index contributed by atoms with van der Waals surface area (Å²) in [7, 11) is -1.72. The van der Waals surface area contributed by atoms with Crippen molar-refractivity contribution >= 4 is 38.0 Å². The quantitative estimate of drug-likeness (QED) is 0.253. The van der Waals surface area contributed by atoms with Gasteiger partial charge in [0.25, 0.3) is 5.56 Å². The number of rotatable bonds is 8. The van der Waals surface area contributed by atoms with Gasteiger partial charge in [-0.1, -0.05) is 12.1 Å². The van der Waals surface area contributed by atoms with E-state index in [1.807, 2.05) is 36.4 Å². The molecule has 0 radical (unpaired) electrons. The van der Waals surface area contributed by atoms with Crippen molar-refractivity contribution in [2.45, 2.75) is 56.1 Å². The van der Waals surface area contributed by atoms with Gasteiger partial charge in [-0.25, -0.2) is 8.42 Å². The molecule has 4 aromatic rings. The highest BCUT2D eigenvalue weighted by molar-refractivity contribution is 7.90. The Hall–Kier alpha value is -3.89. The predicted molar refractivity (Wildman–Crippen MR) is 159 cm³/mol. The Morgan fingerprint density at radius 1 is 1.00 bits per heavy atom. The van der Waals surface area contributed by atoms with Crippen molar-refractivity contribution in [2.75, 3.05) is 16.9 Å². The van der Waals surface area contributed by atoms with Crippen LogP contribution in [0.5, 0.6) is 0 Å². The number of pyridine rings is 1. The van der Waals surface area contributed by atoms with Gasteiger partial charge in [-0.15, -0.1) is 0 Å². The number of H-pyrrole nitrogens is 1. The van der Waals surface area contributed by atoms with Crippen LogP contribution < -0.4 is 21.5 Å². The van der Waals surface area contributed by atoms with Crippen LogP contribution in [-0.2, 0) is 28.2 Å². The average molecular weight is 562 g/mol. The highest BCUT2D eigenvalue weighted by atomic mass is 32.2. The van der Waals surface area contributed by atoms with Gasteiger partial charge in [-0.2, -0.15) is 0 Å². The van der Waals surface area contributed by atoms with Crippen LogP contribution in [0.25, 0.3) is 22.0 Å². The topological polar surface area (TPSA) is 125 Å². The van der Waals surface area contributed by atoms with Crippen LogP contribution in [0, 0.1) is 0 Å². The third-order valence-corrected chi connectivity index (χ3v) is 8.67. The van der Waals surface area contributed by atoms with Gasteiger partial charge < -0.3 is 25.5 Å². The molecule has 2 aromatic heterocycles. The van der Waals surface area contributed by atoms with Crippen molar-refractivity contribution in [3.63, 3.8) is 0 Å². The molecule has 0 spiro atoms. The highest BCUT2D eigenvalue weighted by Gasteiger charge is 2.23. The van der Waals surface area contributed by atoms with Gasteiger partial charge in [0.15, 0.2) is 9.84 Å². The molecular weight excluding hydrogens is 526 g/mol. The third-order valence-electron chi connectivity index (χ3n) is 7.56. The monoisotopic (exact) mass is 561 g/mol. The molecule has 0 unspecified atom stereocenters. The van der Waals surface area contributed by atoms with Gasteiger partial charge in [-0.3, -0.25) is 9.59 Å². The van der Waals surface area contributed by atoms with E-state index in [2.05, 4.69) is 20.9 Å². The summed E-state index contributed by atoms with van der Waals surface area (Å²) in [5.74, 6) is -0.0816. The van der Waals surface area contributed by atoms with E-state index in [9.17, 15) is 18.0 Å². The number of carbonyl (C=O) groups is 1. The summed E-state index contributed by atoms with van der Waals surface area (Å²) in [5.41, 5.74) is 4.72. The lowest BCUT2D eigenvalue weighted by molar-refractivity contribution is -0.114. The zero-order valence-corrected chi connectivity index (χ0v) is 23.8. The normalized spacial score (nSPS) is 17.6. The zero-order chi connectivity index (χ0) is 28.4. The summed E-state index contributed by atoms with van der Waals surface area (Å²) >= 11 is 0. The van der Waals surface area contributed by atoms with Crippen LogP contribution in [0.1, 0.15) is 38.2 Å². The molecule has 0 aliphatic heterocycles. The summed E-state index contributed by atoms with van der Waals surface area (Å²) in [4.78, 5) is 27.1. The van der Waals surface area contributed by atoms with Crippen molar-refractivity contribution < 1.29 is 13.2 Å². The van der Waals surface area contributed by atoms with Crippen molar-refractivity contribution in [2.24, 2.45) is 7.05 Å². The number of benzene rings is 2. The Labute approximate surface area is 233 Å². The fourth-order valence-corrected chi connectivity index (χ4v) is 6.07. The molecule has 10 heteroatoms. The molecule has 9 nitrogen and oxygen atoms in total. The minimum Gasteiger partial charge on any atom is -0.382 e. The lowest BCUT2D eigenvalue weighted by atomic mass is 9.90. The van der Waals surface area contributed by atoms with Crippen molar-refractivity contribution in [1.82, 2.24) is 14.9 Å². The van der Waals surface area contributed by atoms with Crippen LogP contribution >= 0.6 is 0 Å². The number of aryl methyl sites for hydroxylation is 1. The molecule has 210 valence electrons. The number of nitrogens with one attached hydrogen (secondary N) is 4. The summed E-state index contributed by atoms with van der Waals surface area (Å²) in [6.45, 7) is 2.26. The smallest absolute Gasteiger partial charge is 0.274 e. The maximum absolute atomic E-state index is 12.6. The van der Waals surface area contributed by atoms with Crippen LogP contribution in [-0.4, -0.2) is 42.2 Å². The van der Waals surface area contributed by atoms with Gasteiger partial charge in [0.1, 0.15) is 5.52 Å². The fraction of sp³-hybridized carbons (Fsp3) is 0.333. The number of carbonyl (C=O) groups excluding carboxylic acids is 1. The first-order valence-corrected chi connectivity index (χ1v) is 15.4. The summed E-state index contributed by atoms with van der Waals surface area (Å²) < 4.78 is 26.3. The second-order valence-corrected chi connectivity index (χ2v) is 12.7. The van der Waals surface area contributed by atoms with Gasteiger partial charge in [0.05, 0.1) is 4.90 Å². The number of hydrogen-bond acceptors (Lipinski definition) is 6. The first kappa shape index (κ1) is 27.7. The summed E-state index contributed by atoms with van der Waals surface area (Å²) in [5, 5.41) is 10.9. The van der Waals surface area contributed by atoms with E-state index in [0.717, 1.165) is 60.1 Å². The highest BCUT2D eigenvalue weighted by Crippen LogP contribution is 2.36. The molecule has 1 saturated carbocycles. The van der Waals surface area contributed by atoms with Crippen LogP contribution in [0.2, 0.25) is 0 Å². The molecule has 2 heterocycles. The molecule has 4 N–H and O–H groups in total. The van der Waals surface area contributed by atoms with Crippen molar-refractivity contribution in [1.29, 1.82) is 0 Å². The van der Waals surface area contributed by atoms with Crippen molar-refractivity contribution in [3.8, 4) is 11.1 Å². The molecule has 5 rings (SSSR count). The molecule has 40 heavy (non-hydrogen) atoms. The van der Waals surface area contributed by atoms with Crippen LogP contribution in [0.15, 0.2) is 70.6 Å². The Balaban J connectivity index is 1.30. The van der Waals surface area contributed by atoms with Crippen LogP contribution in [0.3, 0.4) is 0 Å². The molecule has 1 aliphatic rings. The Morgan fingerprint density at radius 2 is 1.70 bits per heavy atom. The number of aromatic nitrogens is 2. The second kappa shape index (κ2) is 11.3. The van der Waals surface area contributed by atoms with Crippen molar-refractivity contribution in [3.05, 3.63) is 76.8 Å². The number of fused-ring (bicyclic) bond motifs is 1. The Morgan fingerprint density at radius 3 is 2.38 bits per heavy atom. The molecule has 0 bridgehead atoms. The lowest BCUT2D eigenvalue weighted by Crippen LogP contribution is -2.36. The summed E-state index contributed by atoms with van der Waals surface area (Å²) in [6, 6.07) is 15.6. The first-order valence-electron chi connectivity index (χ1n) is 13.5. The molecule has 0 saturated heterocycles. The van der Waals surface area contributed by atoms with E-state index < -0.39 is 9.84 Å². The number of amides is 1. The van der Waals surface area contributed by atoms with E-state index in [1.54, 1.807) is 31.6 Å². The van der Waals surface area contributed by atoms with Gasteiger partial charge >= 0.3 is 0 Å². The minimum absolute atomic E-state index is 0.0816. The number of nitrogens with zero attached hydrogens (tertiary/aromatic N) is 1.